The van der Waals surface area contributed by atoms with Gasteiger partial charge in [0.15, 0.2) is 5.65 Å². The van der Waals surface area contributed by atoms with Crippen LogP contribution in [0.5, 0.6) is 0 Å². The predicted octanol–water partition coefficient (Wildman–Crippen LogP) is 3.54. The van der Waals surface area contributed by atoms with Crippen LogP contribution in [0.1, 0.15) is 49.9 Å². The average molecular weight is 328 g/mol. The van der Waals surface area contributed by atoms with E-state index in [0.717, 1.165) is 48.9 Å². The van der Waals surface area contributed by atoms with Gasteiger partial charge in [0.05, 0.1) is 23.9 Å². The third-order valence-electron chi connectivity index (χ3n) is 4.50. The number of nitrogens with zero attached hydrogens (tertiary/aromatic N) is 3. The summed E-state index contributed by atoms with van der Waals surface area (Å²) in [5.74, 6) is -0.348. The smallest absolute Gasteiger partial charge is 0.341 e. The Balaban J connectivity index is 2.00. The van der Waals surface area contributed by atoms with Gasteiger partial charge in [-0.15, -0.1) is 0 Å². The molecule has 2 aromatic heterocycles. The topological polar surface area (TPSA) is 69.0 Å². The van der Waals surface area contributed by atoms with Crippen LogP contribution in [-0.2, 0) is 11.3 Å². The van der Waals surface area contributed by atoms with Gasteiger partial charge >= 0.3 is 5.97 Å². The first-order chi connectivity index (χ1) is 11.6. The highest BCUT2D eigenvalue weighted by Crippen LogP contribution is 2.31. The van der Waals surface area contributed by atoms with Crippen LogP contribution < -0.4 is 5.32 Å². The normalized spacial score (nSPS) is 15.7. The number of carbonyl (C=O) groups excluding carboxylic acids is 1. The fraction of sp³-hybridized carbons (Fsp3) is 0.500. The van der Waals surface area contributed by atoms with E-state index in [1.54, 1.807) is 19.3 Å². The summed E-state index contributed by atoms with van der Waals surface area (Å²) >= 11 is 0. The minimum atomic E-state index is -0.348. The summed E-state index contributed by atoms with van der Waals surface area (Å²) in [6, 6.07) is 0.319. The Morgan fingerprint density at radius 3 is 2.79 bits per heavy atom. The Morgan fingerprint density at radius 2 is 2.12 bits per heavy atom. The fourth-order valence-corrected chi connectivity index (χ4v) is 3.15. The first kappa shape index (κ1) is 16.5. The zero-order valence-electron chi connectivity index (χ0n) is 14.3. The molecule has 0 unspecified atom stereocenters. The van der Waals surface area contributed by atoms with E-state index < -0.39 is 0 Å². The van der Waals surface area contributed by atoms with Gasteiger partial charge in [0, 0.05) is 18.8 Å². The molecule has 2 heterocycles. The van der Waals surface area contributed by atoms with E-state index in [-0.39, 0.29) is 5.97 Å². The summed E-state index contributed by atoms with van der Waals surface area (Å²) in [6.07, 6.45) is 7.46. The molecule has 128 valence electrons. The SMILES string of the molecule is C=C1CCC(Nc2c(C(=O)OCC)cnc3c2cnn3CC)CC1. The number of rotatable bonds is 5. The van der Waals surface area contributed by atoms with Crippen molar-refractivity contribution in [3.8, 4) is 0 Å². The third kappa shape index (κ3) is 3.13. The molecule has 1 N–H and O–H groups in total. The molecule has 0 spiro atoms. The van der Waals surface area contributed by atoms with Crippen molar-refractivity contribution < 1.29 is 9.53 Å². The van der Waals surface area contributed by atoms with Crippen molar-refractivity contribution in [2.45, 2.75) is 52.1 Å². The lowest BCUT2D eigenvalue weighted by Gasteiger charge is -2.26. The maximum absolute atomic E-state index is 12.3. The fourth-order valence-electron chi connectivity index (χ4n) is 3.15. The van der Waals surface area contributed by atoms with E-state index in [0.29, 0.717) is 18.2 Å². The lowest BCUT2D eigenvalue weighted by atomic mass is 9.91. The molecule has 1 saturated carbocycles. The summed E-state index contributed by atoms with van der Waals surface area (Å²) in [5, 5.41) is 8.80. The Morgan fingerprint density at radius 1 is 1.38 bits per heavy atom. The van der Waals surface area contributed by atoms with Gasteiger partial charge < -0.3 is 10.1 Å². The number of anilines is 1. The number of aromatic nitrogens is 3. The van der Waals surface area contributed by atoms with E-state index >= 15 is 0 Å². The molecule has 0 saturated heterocycles. The Hall–Kier alpha value is -2.37. The van der Waals surface area contributed by atoms with Crippen LogP contribution in [0.2, 0.25) is 0 Å². The quantitative estimate of drug-likeness (QED) is 0.671. The number of aryl methyl sites for hydroxylation is 1. The molecule has 0 amide bonds. The molecule has 3 rings (SSSR count). The van der Waals surface area contributed by atoms with Crippen molar-refractivity contribution >= 4 is 22.7 Å². The number of pyridine rings is 1. The molecule has 1 aliphatic carbocycles. The van der Waals surface area contributed by atoms with Crippen LogP contribution in [0, 0.1) is 0 Å². The Labute approximate surface area is 141 Å². The lowest BCUT2D eigenvalue weighted by molar-refractivity contribution is 0.0527. The molecule has 0 radical (unpaired) electrons. The van der Waals surface area contributed by atoms with Gasteiger partial charge in [-0.3, -0.25) is 0 Å². The summed E-state index contributed by atoms with van der Waals surface area (Å²) in [6.45, 7) is 8.97. The molecule has 0 bridgehead atoms. The van der Waals surface area contributed by atoms with Crippen LogP contribution in [0.3, 0.4) is 0 Å². The van der Waals surface area contributed by atoms with E-state index in [9.17, 15) is 4.79 Å². The van der Waals surface area contributed by atoms with Crippen molar-refractivity contribution in [2.24, 2.45) is 0 Å². The molecule has 1 fully saturated rings. The highest BCUT2D eigenvalue weighted by atomic mass is 16.5. The van der Waals surface area contributed by atoms with E-state index in [1.807, 2.05) is 11.6 Å². The second kappa shape index (κ2) is 7.03. The number of hydrogen-bond donors (Lipinski definition) is 1. The van der Waals surface area contributed by atoms with Gasteiger partial charge in [-0.2, -0.15) is 5.10 Å². The predicted molar refractivity (Wildman–Crippen MR) is 94.2 cm³/mol. The van der Waals surface area contributed by atoms with E-state index in [1.165, 1.54) is 5.57 Å². The number of hydrogen-bond acceptors (Lipinski definition) is 5. The first-order valence-electron chi connectivity index (χ1n) is 8.58. The number of ether oxygens (including phenoxy) is 1. The van der Waals surface area contributed by atoms with Crippen molar-refractivity contribution in [3.05, 3.63) is 30.1 Å². The maximum atomic E-state index is 12.3. The van der Waals surface area contributed by atoms with Gasteiger partial charge in [-0.1, -0.05) is 12.2 Å². The van der Waals surface area contributed by atoms with Crippen molar-refractivity contribution in [1.82, 2.24) is 14.8 Å². The Kier molecular flexibility index (Phi) is 4.83. The molecular formula is C18H24N4O2. The lowest BCUT2D eigenvalue weighted by Crippen LogP contribution is -2.24. The minimum Gasteiger partial charge on any atom is -0.462 e. The second-order valence-corrected chi connectivity index (χ2v) is 6.13. The molecule has 6 nitrogen and oxygen atoms in total. The largest absolute Gasteiger partial charge is 0.462 e. The molecular weight excluding hydrogens is 304 g/mol. The highest BCUT2D eigenvalue weighted by Gasteiger charge is 2.23. The zero-order chi connectivity index (χ0) is 17.1. The molecule has 0 aromatic carbocycles. The molecule has 0 atom stereocenters. The molecule has 1 aliphatic rings. The van der Waals surface area contributed by atoms with Gasteiger partial charge in [0.2, 0.25) is 0 Å². The first-order valence-corrected chi connectivity index (χ1v) is 8.58. The molecule has 2 aromatic rings. The summed E-state index contributed by atoms with van der Waals surface area (Å²) in [7, 11) is 0. The maximum Gasteiger partial charge on any atom is 0.341 e. The number of fused-ring (bicyclic) bond motifs is 1. The van der Waals surface area contributed by atoms with E-state index in [4.69, 9.17) is 4.74 Å². The minimum absolute atomic E-state index is 0.319. The summed E-state index contributed by atoms with van der Waals surface area (Å²) < 4.78 is 7.03. The molecule has 6 heteroatoms. The summed E-state index contributed by atoms with van der Waals surface area (Å²) in [4.78, 5) is 16.8. The standard InChI is InChI=1S/C18H24N4O2/c1-4-22-17-14(11-20-22)16(15(10-19-17)18(23)24-5-2)21-13-8-6-12(3)7-9-13/h10-11,13H,3-9H2,1-2H3,(H,19,21). The van der Waals surface area contributed by atoms with Crippen LogP contribution in [0.25, 0.3) is 11.0 Å². The van der Waals surface area contributed by atoms with Crippen LogP contribution >= 0.6 is 0 Å². The van der Waals surface area contributed by atoms with Crippen molar-refractivity contribution in [3.63, 3.8) is 0 Å². The van der Waals surface area contributed by atoms with Gasteiger partial charge in [-0.25, -0.2) is 14.5 Å². The van der Waals surface area contributed by atoms with Gasteiger partial charge in [-0.05, 0) is 39.5 Å². The monoisotopic (exact) mass is 328 g/mol. The van der Waals surface area contributed by atoms with Crippen LogP contribution in [0.15, 0.2) is 24.5 Å². The average Bonchev–Trinajstić information content (AvgIpc) is 3.01. The number of allylic oxidation sites excluding steroid dienone is 1. The second-order valence-electron chi connectivity index (χ2n) is 6.13. The summed E-state index contributed by atoms with van der Waals surface area (Å²) in [5.41, 5.74) is 3.35. The van der Waals surface area contributed by atoms with Gasteiger partial charge in [0.1, 0.15) is 5.56 Å². The molecule has 24 heavy (non-hydrogen) atoms. The number of nitrogens with one attached hydrogen (secondary N) is 1. The van der Waals surface area contributed by atoms with Crippen LogP contribution in [-0.4, -0.2) is 33.4 Å². The van der Waals surface area contributed by atoms with Crippen LogP contribution in [0.4, 0.5) is 5.69 Å². The zero-order valence-corrected chi connectivity index (χ0v) is 14.3. The van der Waals surface area contributed by atoms with Crippen molar-refractivity contribution in [1.29, 1.82) is 0 Å². The van der Waals surface area contributed by atoms with Crippen molar-refractivity contribution in [2.75, 3.05) is 11.9 Å². The third-order valence-corrected chi connectivity index (χ3v) is 4.50. The van der Waals surface area contributed by atoms with E-state index in [2.05, 4.69) is 22.0 Å². The Bertz CT molecular complexity index is 756. The highest BCUT2D eigenvalue weighted by molar-refractivity contribution is 6.04. The molecule has 0 aliphatic heterocycles. The number of carbonyl (C=O) groups is 1. The van der Waals surface area contributed by atoms with Gasteiger partial charge in [0.25, 0.3) is 0 Å². The number of esters is 1.